The average Bonchev–Trinajstić information content (AvgIpc) is 3.30. The second-order valence-corrected chi connectivity index (χ2v) is 7.55. The molecule has 0 aliphatic carbocycles. The Labute approximate surface area is 174 Å². The minimum absolute atomic E-state index is 0. The fourth-order valence-corrected chi connectivity index (χ4v) is 4.13. The van der Waals surface area contributed by atoms with Gasteiger partial charge in [-0.3, -0.25) is 4.90 Å². The van der Waals surface area contributed by atoms with Crippen LogP contribution < -0.4 is 10.1 Å². The van der Waals surface area contributed by atoms with E-state index in [9.17, 15) is 0 Å². The van der Waals surface area contributed by atoms with Crippen LogP contribution >= 0.6 is 23.7 Å². The molecule has 0 amide bonds. The predicted octanol–water partition coefficient (Wildman–Crippen LogP) is 3.57. The van der Waals surface area contributed by atoms with E-state index < -0.39 is 0 Å². The molecule has 0 saturated carbocycles. The van der Waals surface area contributed by atoms with Crippen LogP contribution in [0.1, 0.15) is 24.5 Å². The first-order valence-corrected chi connectivity index (χ1v) is 9.93. The molecule has 1 aromatic carbocycles. The zero-order valence-corrected chi connectivity index (χ0v) is 17.8. The van der Waals surface area contributed by atoms with E-state index in [-0.39, 0.29) is 18.4 Å². The highest BCUT2D eigenvalue weighted by molar-refractivity contribution is 7.18. The minimum atomic E-state index is 0. The average molecular weight is 422 g/mol. The van der Waals surface area contributed by atoms with Crippen molar-refractivity contribution in [3.63, 3.8) is 0 Å². The fourth-order valence-electron chi connectivity index (χ4n) is 3.14. The summed E-state index contributed by atoms with van der Waals surface area (Å²) in [5.41, 5.74) is 1.95. The number of aromatic nitrogens is 3. The van der Waals surface area contributed by atoms with Crippen LogP contribution in [0.4, 0.5) is 0 Å². The molecule has 9 heteroatoms. The van der Waals surface area contributed by atoms with E-state index in [4.69, 9.17) is 14.2 Å². The van der Waals surface area contributed by atoms with Gasteiger partial charge in [0.25, 0.3) is 5.89 Å². The van der Waals surface area contributed by atoms with Gasteiger partial charge in [0.2, 0.25) is 0 Å². The van der Waals surface area contributed by atoms with Gasteiger partial charge in [0.1, 0.15) is 15.6 Å². The number of piperazine rings is 1. The standard InChI is InChI=1S/C19H23N5O2S.ClH/c1-4-25-14-7-5-13(6-8-14)19-21-12(2)16(27-19)18-22-17(23-26-18)15-11-20-9-10-24(15)3;/h5-8,15,20H,4,9-11H2,1-3H3;1H. The number of aryl methyl sites for hydroxylation is 1. The summed E-state index contributed by atoms with van der Waals surface area (Å²) >= 11 is 1.57. The molecule has 0 bridgehead atoms. The number of likely N-dealkylation sites (N-methyl/N-ethyl adjacent to an activating group) is 1. The molecule has 3 aromatic rings. The van der Waals surface area contributed by atoms with Crippen LogP contribution in [0.15, 0.2) is 28.8 Å². The number of rotatable bonds is 5. The van der Waals surface area contributed by atoms with Crippen molar-refractivity contribution in [1.82, 2.24) is 25.3 Å². The van der Waals surface area contributed by atoms with Crippen molar-refractivity contribution in [2.75, 3.05) is 33.3 Å². The summed E-state index contributed by atoms with van der Waals surface area (Å²) in [4.78, 5) is 12.5. The molecule has 2 aromatic heterocycles. The summed E-state index contributed by atoms with van der Waals surface area (Å²) in [6.07, 6.45) is 0. The molecule has 150 valence electrons. The highest BCUT2D eigenvalue weighted by atomic mass is 35.5. The molecule has 1 atom stereocenters. The highest BCUT2D eigenvalue weighted by Gasteiger charge is 2.26. The first kappa shape index (κ1) is 20.7. The SMILES string of the molecule is CCOc1ccc(-c2nc(C)c(-c3nc(C4CNCCN4C)no3)s2)cc1.Cl. The molecule has 3 heterocycles. The number of hydrogen-bond donors (Lipinski definition) is 1. The van der Waals surface area contributed by atoms with Crippen LogP contribution in [-0.2, 0) is 0 Å². The number of ether oxygens (including phenoxy) is 1. The smallest absolute Gasteiger partial charge is 0.269 e. The normalized spacial score (nSPS) is 17.3. The maximum absolute atomic E-state index is 5.57. The molecule has 0 spiro atoms. The van der Waals surface area contributed by atoms with Crippen molar-refractivity contribution in [1.29, 1.82) is 0 Å². The number of thiazole rings is 1. The summed E-state index contributed by atoms with van der Waals surface area (Å²) < 4.78 is 11.1. The summed E-state index contributed by atoms with van der Waals surface area (Å²) in [5, 5.41) is 8.53. The number of nitrogens with one attached hydrogen (secondary N) is 1. The van der Waals surface area contributed by atoms with E-state index in [2.05, 4.69) is 27.4 Å². The summed E-state index contributed by atoms with van der Waals surface area (Å²) in [5.74, 6) is 2.12. The molecule has 7 nitrogen and oxygen atoms in total. The van der Waals surface area contributed by atoms with Gasteiger partial charge < -0.3 is 14.6 Å². The fraction of sp³-hybridized carbons (Fsp3) is 0.421. The van der Waals surface area contributed by atoms with Gasteiger partial charge in [-0.25, -0.2) is 4.98 Å². The molecule has 1 N–H and O–H groups in total. The predicted molar refractivity (Wildman–Crippen MR) is 112 cm³/mol. The molecular formula is C19H24ClN5O2S. The maximum Gasteiger partial charge on any atom is 0.269 e. The van der Waals surface area contributed by atoms with E-state index in [1.54, 1.807) is 11.3 Å². The van der Waals surface area contributed by atoms with Gasteiger partial charge in [0.15, 0.2) is 5.82 Å². The minimum Gasteiger partial charge on any atom is -0.494 e. The second kappa shape index (κ2) is 9.00. The maximum atomic E-state index is 5.57. The lowest BCUT2D eigenvalue weighted by atomic mass is 10.2. The zero-order chi connectivity index (χ0) is 18.8. The van der Waals surface area contributed by atoms with Crippen molar-refractivity contribution in [2.24, 2.45) is 0 Å². The van der Waals surface area contributed by atoms with Gasteiger partial charge in [0, 0.05) is 25.2 Å². The van der Waals surface area contributed by atoms with Gasteiger partial charge in [-0.2, -0.15) is 4.98 Å². The lowest BCUT2D eigenvalue weighted by molar-refractivity contribution is 0.190. The zero-order valence-electron chi connectivity index (χ0n) is 16.1. The summed E-state index contributed by atoms with van der Waals surface area (Å²) in [6.45, 7) is 7.39. The van der Waals surface area contributed by atoms with Gasteiger partial charge in [-0.05, 0) is 45.2 Å². The van der Waals surface area contributed by atoms with Crippen LogP contribution in [0.3, 0.4) is 0 Å². The van der Waals surface area contributed by atoms with E-state index in [0.29, 0.717) is 12.5 Å². The van der Waals surface area contributed by atoms with Crippen molar-refractivity contribution in [3.05, 3.63) is 35.8 Å². The second-order valence-electron chi connectivity index (χ2n) is 6.55. The summed E-state index contributed by atoms with van der Waals surface area (Å²) in [7, 11) is 2.09. The first-order valence-electron chi connectivity index (χ1n) is 9.11. The summed E-state index contributed by atoms with van der Waals surface area (Å²) in [6, 6.07) is 8.11. The highest BCUT2D eigenvalue weighted by Crippen LogP contribution is 2.35. The topological polar surface area (TPSA) is 76.3 Å². The Morgan fingerprint density at radius 3 is 2.79 bits per heavy atom. The van der Waals surface area contributed by atoms with Crippen LogP contribution in [0.25, 0.3) is 21.3 Å². The van der Waals surface area contributed by atoms with Gasteiger partial charge in [0.05, 0.1) is 18.3 Å². The van der Waals surface area contributed by atoms with E-state index in [1.165, 1.54) is 0 Å². The third kappa shape index (κ3) is 4.20. The molecule has 1 aliphatic heterocycles. The molecule has 4 rings (SSSR count). The molecule has 1 saturated heterocycles. The third-order valence-corrected chi connectivity index (χ3v) is 5.85. The van der Waals surface area contributed by atoms with Crippen molar-refractivity contribution >= 4 is 23.7 Å². The van der Waals surface area contributed by atoms with Crippen LogP contribution in [0.5, 0.6) is 5.75 Å². The number of benzene rings is 1. The van der Waals surface area contributed by atoms with E-state index in [0.717, 1.165) is 52.4 Å². The van der Waals surface area contributed by atoms with Crippen LogP contribution in [-0.4, -0.2) is 53.3 Å². The Hall–Kier alpha value is -2.00. The van der Waals surface area contributed by atoms with Gasteiger partial charge in [-0.15, -0.1) is 23.7 Å². The Balaban J connectivity index is 0.00000225. The monoisotopic (exact) mass is 421 g/mol. The Bertz CT molecular complexity index is 911. The van der Waals surface area contributed by atoms with Crippen LogP contribution in [0, 0.1) is 6.92 Å². The van der Waals surface area contributed by atoms with Crippen molar-refractivity contribution in [3.8, 4) is 27.1 Å². The van der Waals surface area contributed by atoms with E-state index in [1.807, 2.05) is 38.1 Å². The lowest BCUT2D eigenvalue weighted by Crippen LogP contribution is -2.44. The molecule has 1 aliphatic rings. The molecule has 1 fully saturated rings. The Morgan fingerprint density at radius 2 is 2.07 bits per heavy atom. The van der Waals surface area contributed by atoms with E-state index >= 15 is 0 Å². The number of halogens is 1. The Morgan fingerprint density at radius 1 is 1.29 bits per heavy atom. The third-order valence-electron chi connectivity index (χ3n) is 4.65. The largest absolute Gasteiger partial charge is 0.494 e. The van der Waals surface area contributed by atoms with Crippen LogP contribution in [0.2, 0.25) is 0 Å². The number of nitrogens with zero attached hydrogens (tertiary/aromatic N) is 4. The number of hydrogen-bond acceptors (Lipinski definition) is 8. The van der Waals surface area contributed by atoms with Crippen molar-refractivity contribution in [2.45, 2.75) is 19.9 Å². The molecule has 0 radical (unpaired) electrons. The lowest BCUT2D eigenvalue weighted by Gasteiger charge is -2.30. The quantitative estimate of drug-likeness (QED) is 0.674. The van der Waals surface area contributed by atoms with Gasteiger partial charge in [-0.1, -0.05) is 5.16 Å². The van der Waals surface area contributed by atoms with Gasteiger partial charge >= 0.3 is 0 Å². The molecule has 28 heavy (non-hydrogen) atoms. The first-order chi connectivity index (χ1) is 13.2. The molecular weight excluding hydrogens is 398 g/mol. The molecule has 1 unspecified atom stereocenters. The Kier molecular flexibility index (Phi) is 6.66. The van der Waals surface area contributed by atoms with Crippen molar-refractivity contribution < 1.29 is 9.26 Å².